The zero-order valence-electron chi connectivity index (χ0n) is 22.6. The molecule has 5 nitrogen and oxygen atoms in total. The average Bonchev–Trinajstić information content (AvgIpc) is 2.88. The SMILES string of the molecule is CCc1ccc2[nH]c(=O)c(CN(Cc3ccc(OCOC)cc3)Cc3ccc(C(C)(C)C)cc3)cc2c1. The monoisotopic (exact) mass is 498 g/mol. The molecule has 0 saturated heterocycles. The van der Waals surface area contributed by atoms with Gasteiger partial charge in [0, 0.05) is 37.8 Å². The molecule has 1 heterocycles. The van der Waals surface area contributed by atoms with Crippen LogP contribution in [0.15, 0.2) is 77.6 Å². The summed E-state index contributed by atoms with van der Waals surface area (Å²) >= 11 is 0. The number of hydrogen-bond acceptors (Lipinski definition) is 4. The topological polar surface area (TPSA) is 54.6 Å². The summed E-state index contributed by atoms with van der Waals surface area (Å²) in [5.74, 6) is 0.771. The Balaban J connectivity index is 1.61. The Morgan fingerprint density at radius 3 is 2.03 bits per heavy atom. The van der Waals surface area contributed by atoms with Gasteiger partial charge in [0.2, 0.25) is 0 Å². The molecule has 0 amide bonds. The Morgan fingerprint density at radius 2 is 1.43 bits per heavy atom. The van der Waals surface area contributed by atoms with Crippen molar-refractivity contribution in [3.05, 3.63) is 111 Å². The second-order valence-corrected chi connectivity index (χ2v) is 10.7. The summed E-state index contributed by atoms with van der Waals surface area (Å²) in [4.78, 5) is 18.4. The second kappa shape index (κ2) is 11.8. The Kier molecular flexibility index (Phi) is 8.47. The van der Waals surface area contributed by atoms with Gasteiger partial charge in [0.05, 0.1) is 0 Å². The number of aromatic nitrogens is 1. The van der Waals surface area contributed by atoms with Gasteiger partial charge in [-0.15, -0.1) is 0 Å². The van der Waals surface area contributed by atoms with E-state index in [1.807, 2.05) is 24.3 Å². The highest BCUT2D eigenvalue weighted by Gasteiger charge is 2.15. The minimum atomic E-state index is -0.0341. The maximum atomic E-state index is 13.0. The molecule has 1 N–H and O–H groups in total. The van der Waals surface area contributed by atoms with Crippen LogP contribution in [-0.4, -0.2) is 23.8 Å². The molecule has 4 rings (SSSR count). The van der Waals surface area contributed by atoms with E-state index in [0.717, 1.165) is 40.7 Å². The van der Waals surface area contributed by atoms with E-state index in [0.29, 0.717) is 13.1 Å². The van der Waals surface area contributed by atoms with E-state index in [4.69, 9.17) is 9.47 Å². The standard InChI is InChI=1S/C32H38N2O3/c1-6-23-11-16-30-26(17-23)18-27(31(35)33-30)21-34(19-24-7-12-28(13-8-24)32(2,3)4)20-25-9-14-29(15-10-25)37-22-36-5/h7-18H,6,19-22H2,1-5H3,(H,33,35). The molecule has 0 bridgehead atoms. The summed E-state index contributed by atoms with van der Waals surface area (Å²) in [5, 5.41) is 1.07. The Labute approximate surface area is 220 Å². The van der Waals surface area contributed by atoms with Gasteiger partial charge in [-0.05, 0) is 69.8 Å². The molecule has 0 fully saturated rings. The molecule has 3 aromatic carbocycles. The summed E-state index contributed by atoms with van der Waals surface area (Å²) in [6.45, 7) is 11.0. The fourth-order valence-corrected chi connectivity index (χ4v) is 4.49. The Morgan fingerprint density at radius 1 is 0.811 bits per heavy atom. The van der Waals surface area contributed by atoms with Gasteiger partial charge >= 0.3 is 0 Å². The van der Waals surface area contributed by atoms with Gasteiger partial charge in [0.25, 0.3) is 5.56 Å². The van der Waals surface area contributed by atoms with E-state index < -0.39 is 0 Å². The first-order valence-electron chi connectivity index (χ1n) is 12.9. The van der Waals surface area contributed by atoms with Crippen molar-refractivity contribution in [1.29, 1.82) is 0 Å². The predicted octanol–water partition coefficient (Wildman–Crippen LogP) is 6.57. The lowest BCUT2D eigenvalue weighted by Crippen LogP contribution is -2.26. The number of aryl methyl sites for hydroxylation is 1. The Hall–Kier alpha value is -3.41. The average molecular weight is 499 g/mol. The van der Waals surface area contributed by atoms with E-state index in [2.05, 4.69) is 86.1 Å². The van der Waals surface area contributed by atoms with Crippen LogP contribution in [0.1, 0.15) is 55.5 Å². The van der Waals surface area contributed by atoms with Gasteiger partial charge in [-0.1, -0.05) is 70.2 Å². The molecule has 1 aromatic heterocycles. The number of fused-ring (bicyclic) bond motifs is 1. The minimum absolute atomic E-state index is 0.0341. The molecule has 0 aliphatic rings. The van der Waals surface area contributed by atoms with E-state index >= 15 is 0 Å². The van der Waals surface area contributed by atoms with Gasteiger partial charge in [-0.2, -0.15) is 0 Å². The van der Waals surface area contributed by atoms with Crippen LogP contribution in [0.3, 0.4) is 0 Å². The third-order valence-electron chi connectivity index (χ3n) is 6.69. The van der Waals surface area contributed by atoms with Crippen LogP contribution in [-0.2, 0) is 36.2 Å². The molecule has 0 spiro atoms. The van der Waals surface area contributed by atoms with Crippen molar-refractivity contribution >= 4 is 10.9 Å². The predicted molar refractivity (Wildman–Crippen MR) is 151 cm³/mol. The summed E-state index contributed by atoms with van der Waals surface area (Å²) in [7, 11) is 1.61. The lowest BCUT2D eigenvalue weighted by Gasteiger charge is -2.24. The zero-order valence-corrected chi connectivity index (χ0v) is 22.6. The van der Waals surface area contributed by atoms with E-state index in [1.54, 1.807) is 7.11 Å². The number of hydrogen-bond donors (Lipinski definition) is 1. The molecule has 37 heavy (non-hydrogen) atoms. The van der Waals surface area contributed by atoms with Gasteiger partial charge in [0.1, 0.15) is 5.75 Å². The molecule has 0 unspecified atom stereocenters. The van der Waals surface area contributed by atoms with E-state index in [9.17, 15) is 4.79 Å². The van der Waals surface area contributed by atoms with Crippen LogP contribution in [0.5, 0.6) is 5.75 Å². The third-order valence-corrected chi connectivity index (χ3v) is 6.69. The second-order valence-electron chi connectivity index (χ2n) is 10.7. The van der Waals surface area contributed by atoms with Crippen molar-refractivity contribution in [1.82, 2.24) is 9.88 Å². The lowest BCUT2D eigenvalue weighted by molar-refractivity contribution is 0.0511. The fraction of sp³-hybridized carbons (Fsp3) is 0.344. The summed E-state index contributed by atoms with van der Waals surface area (Å²) < 4.78 is 10.5. The summed E-state index contributed by atoms with van der Waals surface area (Å²) in [5.41, 5.74) is 6.67. The maximum Gasteiger partial charge on any atom is 0.252 e. The first-order chi connectivity index (χ1) is 17.7. The molecular weight excluding hydrogens is 460 g/mol. The molecule has 194 valence electrons. The zero-order chi connectivity index (χ0) is 26.4. The number of nitrogens with zero attached hydrogens (tertiary/aromatic N) is 1. The van der Waals surface area contributed by atoms with Crippen LogP contribution >= 0.6 is 0 Å². The minimum Gasteiger partial charge on any atom is -0.468 e. The van der Waals surface area contributed by atoms with Crippen molar-refractivity contribution in [2.45, 2.75) is 59.2 Å². The normalized spacial score (nSPS) is 11.8. The molecule has 0 radical (unpaired) electrons. The summed E-state index contributed by atoms with van der Waals surface area (Å²) in [6.07, 6.45) is 0.963. The fourth-order valence-electron chi connectivity index (χ4n) is 4.49. The van der Waals surface area contributed by atoms with E-state index in [-0.39, 0.29) is 17.8 Å². The molecule has 0 atom stereocenters. The van der Waals surface area contributed by atoms with Crippen LogP contribution in [0.2, 0.25) is 0 Å². The highest BCUT2D eigenvalue weighted by molar-refractivity contribution is 5.79. The number of nitrogens with one attached hydrogen (secondary N) is 1. The van der Waals surface area contributed by atoms with Gasteiger partial charge in [-0.25, -0.2) is 0 Å². The lowest BCUT2D eigenvalue weighted by atomic mass is 9.87. The largest absolute Gasteiger partial charge is 0.468 e. The molecular formula is C32H38N2O3. The summed E-state index contributed by atoms with van der Waals surface area (Å²) in [6, 6.07) is 25.2. The first kappa shape index (κ1) is 26.6. The quantitative estimate of drug-likeness (QED) is 0.251. The molecule has 4 aromatic rings. The number of methoxy groups -OCH3 is 1. The number of pyridine rings is 1. The van der Waals surface area contributed by atoms with Crippen molar-refractivity contribution in [3.63, 3.8) is 0 Å². The smallest absolute Gasteiger partial charge is 0.252 e. The molecule has 0 saturated carbocycles. The number of rotatable bonds is 10. The highest BCUT2D eigenvalue weighted by atomic mass is 16.7. The van der Waals surface area contributed by atoms with Crippen molar-refractivity contribution in [3.8, 4) is 5.75 Å². The van der Waals surface area contributed by atoms with Crippen LogP contribution in [0.25, 0.3) is 10.9 Å². The molecule has 5 heteroatoms. The maximum absolute atomic E-state index is 13.0. The van der Waals surface area contributed by atoms with Gasteiger partial charge < -0.3 is 14.5 Å². The molecule has 0 aliphatic heterocycles. The van der Waals surface area contributed by atoms with Crippen LogP contribution in [0.4, 0.5) is 0 Å². The van der Waals surface area contributed by atoms with E-state index in [1.165, 1.54) is 16.7 Å². The van der Waals surface area contributed by atoms with Crippen molar-refractivity contribution in [2.24, 2.45) is 0 Å². The van der Waals surface area contributed by atoms with Gasteiger partial charge in [0.15, 0.2) is 6.79 Å². The third kappa shape index (κ3) is 7.09. The van der Waals surface area contributed by atoms with Crippen molar-refractivity contribution in [2.75, 3.05) is 13.9 Å². The van der Waals surface area contributed by atoms with Gasteiger partial charge in [-0.3, -0.25) is 9.69 Å². The van der Waals surface area contributed by atoms with Crippen LogP contribution < -0.4 is 10.3 Å². The number of aromatic amines is 1. The van der Waals surface area contributed by atoms with Crippen molar-refractivity contribution < 1.29 is 9.47 Å². The number of H-pyrrole nitrogens is 1. The molecule has 0 aliphatic carbocycles. The Bertz CT molecular complexity index is 1370. The van der Waals surface area contributed by atoms with Crippen LogP contribution in [0, 0.1) is 0 Å². The number of benzene rings is 3. The first-order valence-corrected chi connectivity index (χ1v) is 12.9. The number of ether oxygens (including phenoxy) is 2. The highest BCUT2D eigenvalue weighted by Crippen LogP contribution is 2.24.